The van der Waals surface area contributed by atoms with Gasteiger partial charge in [0.25, 0.3) is 0 Å². The topological polar surface area (TPSA) is 33.2 Å². The van der Waals surface area contributed by atoms with Crippen LogP contribution in [0, 0.1) is 5.92 Å². The van der Waals surface area contributed by atoms with Gasteiger partial charge in [-0.2, -0.15) is 0 Å². The summed E-state index contributed by atoms with van der Waals surface area (Å²) in [6, 6.07) is 3.71. The van der Waals surface area contributed by atoms with Gasteiger partial charge in [-0.1, -0.05) is 6.92 Å². The number of pyridine rings is 1. The zero-order valence-corrected chi connectivity index (χ0v) is 10.6. The van der Waals surface area contributed by atoms with E-state index in [0.717, 1.165) is 36.8 Å². The fourth-order valence-corrected chi connectivity index (χ4v) is 2.09. The van der Waals surface area contributed by atoms with E-state index in [1.807, 2.05) is 12.1 Å². The molecule has 3 nitrogen and oxygen atoms in total. The number of carbonyl (C=O) groups is 1. The fraction of sp³-hybridized carbons (Fsp3) is 0.571. The molecule has 0 aromatic carbocycles. The summed E-state index contributed by atoms with van der Waals surface area (Å²) < 4.78 is 0. The molecule has 0 N–H and O–H groups in total. The second-order valence-corrected chi connectivity index (χ2v) is 4.82. The van der Waals surface area contributed by atoms with E-state index in [0.29, 0.717) is 0 Å². The van der Waals surface area contributed by atoms with E-state index in [1.165, 1.54) is 12.8 Å². The van der Waals surface area contributed by atoms with Gasteiger partial charge >= 0.3 is 0 Å². The number of rotatable bonds is 6. The number of anilines is 1. The molecule has 0 bridgehead atoms. The maximum atomic E-state index is 11.6. The molecule has 0 amide bonds. The first-order valence-electron chi connectivity index (χ1n) is 6.43. The van der Waals surface area contributed by atoms with Crippen molar-refractivity contribution in [3.05, 3.63) is 23.9 Å². The maximum Gasteiger partial charge on any atom is 0.163 e. The third-order valence-electron chi connectivity index (χ3n) is 3.13. The number of hydrogen-bond acceptors (Lipinski definition) is 3. The van der Waals surface area contributed by atoms with Gasteiger partial charge in [-0.15, -0.1) is 0 Å². The Morgan fingerprint density at radius 3 is 2.88 bits per heavy atom. The lowest BCUT2D eigenvalue weighted by atomic mass is 10.1. The molecule has 1 aromatic rings. The maximum absolute atomic E-state index is 11.6. The van der Waals surface area contributed by atoms with Crippen molar-refractivity contribution < 1.29 is 4.79 Å². The smallest absolute Gasteiger partial charge is 0.163 e. The zero-order valence-electron chi connectivity index (χ0n) is 10.6. The second-order valence-electron chi connectivity index (χ2n) is 4.82. The highest BCUT2D eigenvalue weighted by Gasteiger charge is 2.26. The molecule has 2 rings (SSSR count). The van der Waals surface area contributed by atoms with Crippen molar-refractivity contribution in [3.63, 3.8) is 0 Å². The minimum atomic E-state index is 0.102. The molecule has 92 valence electrons. The molecule has 0 spiro atoms. The first-order chi connectivity index (χ1) is 8.22. The Bertz CT molecular complexity index is 399. The van der Waals surface area contributed by atoms with Crippen molar-refractivity contribution in [2.24, 2.45) is 5.92 Å². The van der Waals surface area contributed by atoms with Crippen molar-refractivity contribution in [3.8, 4) is 0 Å². The molecule has 1 aliphatic carbocycles. The molecule has 1 fully saturated rings. The summed E-state index contributed by atoms with van der Waals surface area (Å²) >= 11 is 0. The van der Waals surface area contributed by atoms with Crippen LogP contribution in [0.4, 0.5) is 5.82 Å². The molecular weight excluding hydrogens is 212 g/mol. The predicted octanol–water partition coefficient (Wildman–Crippen LogP) is 2.91. The lowest BCUT2D eigenvalue weighted by molar-refractivity contribution is 0.101. The Labute approximate surface area is 103 Å². The standard InChI is InChI=1S/C14H20N2O/c1-3-9-16(10-12-6-7-12)14-13(11(2)17)5-4-8-15-14/h4-5,8,12H,3,6-7,9-10H2,1-2H3. The molecule has 0 atom stereocenters. The predicted molar refractivity (Wildman–Crippen MR) is 69.5 cm³/mol. The van der Waals surface area contributed by atoms with E-state index in [2.05, 4.69) is 16.8 Å². The number of ketones is 1. The third-order valence-corrected chi connectivity index (χ3v) is 3.13. The molecule has 0 aliphatic heterocycles. The largest absolute Gasteiger partial charge is 0.356 e. The Morgan fingerprint density at radius 2 is 2.29 bits per heavy atom. The van der Waals surface area contributed by atoms with Crippen LogP contribution in [0.5, 0.6) is 0 Å². The molecule has 0 unspecified atom stereocenters. The van der Waals surface area contributed by atoms with Crippen LogP contribution in [0.3, 0.4) is 0 Å². The van der Waals surface area contributed by atoms with Gasteiger partial charge in [0.05, 0.1) is 5.56 Å². The van der Waals surface area contributed by atoms with Crippen molar-refractivity contribution >= 4 is 11.6 Å². The van der Waals surface area contributed by atoms with Crippen molar-refractivity contribution in [2.45, 2.75) is 33.1 Å². The van der Waals surface area contributed by atoms with E-state index >= 15 is 0 Å². The SMILES string of the molecule is CCCN(CC1CC1)c1ncccc1C(C)=O. The summed E-state index contributed by atoms with van der Waals surface area (Å²) in [7, 11) is 0. The van der Waals surface area contributed by atoms with Gasteiger partial charge in [-0.3, -0.25) is 4.79 Å². The Kier molecular flexibility index (Phi) is 3.77. The van der Waals surface area contributed by atoms with Crippen LogP contribution in [-0.4, -0.2) is 23.9 Å². The zero-order chi connectivity index (χ0) is 12.3. The summed E-state index contributed by atoms with van der Waals surface area (Å²) in [6.07, 6.45) is 5.50. The van der Waals surface area contributed by atoms with Gasteiger partial charge in [-0.25, -0.2) is 4.98 Å². The number of carbonyl (C=O) groups excluding carboxylic acids is 1. The molecule has 17 heavy (non-hydrogen) atoms. The Morgan fingerprint density at radius 1 is 1.53 bits per heavy atom. The van der Waals surface area contributed by atoms with Gasteiger partial charge < -0.3 is 4.90 Å². The van der Waals surface area contributed by atoms with Gasteiger partial charge in [0.15, 0.2) is 5.78 Å². The monoisotopic (exact) mass is 232 g/mol. The highest BCUT2D eigenvalue weighted by Crippen LogP contribution is 2.31. The molecule has 1 saturated carbocycles. The first-order valence-corrected chi connectivity index (χ1v) is 6.43. The lowest BCUT2D eigenvalue weighted by Gasteiger charge is -2.24. The van der Waals surface area contributed by atoms with Crippen LogP contribution in [-0.2, 0) is 0 Å². The Balaban J connectivity index is 2.23. The molecule has 3 heteroatoms. The molecule has 1 heterocycles. The van der Waals surface area contributed by atoms with Crippen LogP contribution < -0.4 is 4.90 Å². The second kappa shape index (κ2) is 5.30. The van der Waals surface area contributed by atoms with Crippen LogP contribution in [0.25, 0.3) is 0 Å². The number of aromatic nitrogens is 1. The molecule has 1 aliphatic rings. The number of nitrogens with zero attached hydrogens (tertiary/aromatic N) is 2. The van der Waals surface area contributed by atoms with E-state index in [9.17, 15) is 4.79 Å². The molecule has 0 radical (unpaired) electrons. The number of hydrogen-bond donors (Lipinski definition) is 0. The summed E-state index contributed by atoms with van der Waals surface area (Å²) in [4.78, 5) is 18.3. The summed E-state index contributed by atoms with van der Waals surface area (Å²) in [5.74, 6) is 1.78. The van der Waals surface area contributed by atoms with Crippen LogP contribution >= 0.6 is 0 Å². The Hall–Kier alpha value is -1.38. The summed E-state index contributed by atoms with van der Waals surface area (Å²) in [5, 5.41) is 0. The van der Waals surface area contributed by atoms with Crippen molar-refractivity contribution in [1.82, 2.24) is 4.98 Å². The average molecular weight is 232 g/mol. The van der Waals surface area contributed by atoms with E-state index in [-0.39, 0.29) is 5.78 Å². The highest BCUT2D eigenvalue weighted by atomic mass is 16.1. The van der Waals surface area contributed by atoms with Gasteiger partial charge in [-0.05, 0) is 44.2 Å². The molecular formula is C14H20N2O. The van der Waals surface area contributed by atoms with Crippen LogP contribution in [0.15, 0.2) is 18.3 Å². The normalized spacial score (nSPS) is 14.7. The molecule has 1 aromatic heterocycles. The summed E-state index contributed by atoms with van der Waals surface area (Å²) in [6.45, 7) is 5.80. The van der Waals surface area contributed by atoms with Crippen molar-refractivity contribution in [1.29, 1.82) is 0 Å². The average Bonchev–Trinajstić information content (AvgIpc) is 3.12. The minimum absolute atomic E-state index is 0.102. The van der Waals surface area contributed by atoms with E-state index < -0.39 is 0 Å². The quantitative estimate of drug-likeness (QED) is 0.707. The van der Waals surface area contributed by atoms with Crippen LogP contribution in [0.2, 0.25) is 0 Å². The lowest BCUT2D eigenvalue weighted by Crippen LogP contribution is -2.29. The van der Waals surface area contributed by atoms with Gasteiger partial charge in [0.2, 0.25) is 0 Å². The minimum Gasteiger partial charge on any atom is -0.356 e. The fourth-order valence-electron chi connectivity index (χ4n) is 2.09. The van der Waals surface area contributed by atoms with Crippen LogP contribution in [0.1, 0.15) is 43.5 Å². The van der Waals surface area contributed by atoms with E-state index in [4.69, 9.17) is 0 Å². The van der Waals surface area contributed by atoms with E-state index in [1.54, 1.807) is 13.1 Å². The first kappa shape index (κ1) is 12.1. The van der Waals surface area contributed by atoms with Crippen molar-refractivity contribution in [2.75, 3.05) is 18.0 Å². The highest BCUT2D eigenvalue weighted by molar-refractivity contribution is 5.98. The summed E-state index contributed by atoms with van der Waals surface area (Å²) in [5.41, 5.74) is 0.751. The van der Waals surface area contributed by atoms with Gasteiger partial charge in [0.1, 0.15) is 5.82 Å². The molecule has 0 saturated heterocycles. The van der Waals surface area contributed by atoms with Gasteiger partial charge in [0, 0.05) is 19.3 Å². The number of Topliss-reactive ketones (excluding diaryl/α,β-unsaturated/α-hetero) is 1. The third kappa shape index (κ3) is 3.05.